The van der Waals surface area contributed by atoms with Crippen LogP contribution < -0.4 is 25.2 Å². The molecule has 41 heavy (non-hydrogen) atoms. The molecule has 1 unspecified atom stereocenters. The number of cyclic esters (lactones) is 1. The molecule has 5 heterocycles. The van der Waals surface area contributed by atoms with Gasteiger partial charge in [-0.15, -0.1) is 11.8 Å². The summed E-state index contributed by atoms with van der Waals surface area (Å²) in [5, 5.41) is 6.32. The van der Waals surface area contributed by atoms with Crippen LogP contribution in [0.1, 0.15) is 6.92 Å². The van der Waals surface area contributed by atoms with Gasteiger partial charge in [0.15, 0.2) is 0 Å². The van der Waals surface area contributed by atoms with Crippen molar-refractivity contribution >= 4 is 57.8 Å². The number of hydrogen-bond acceptors (Lipinski definition) is 11. The van der Waals surface area contributed by atoms with Crippen molar-refractivity contribution in [2.24, 2.45) is 5.92 Å². The smallest absolute Gasteiger partial charge is 0.414 e. The summed E-state index contributed by atoms with van der Waals surface area (Å²) in [5.41, 5.74) is 3.62. The molecule has 2 fully saturated rings. The standard InChI is InChI=1S/C28H30N6O6S/c1-3-39-27(36)18-13-33(22-8-9-29-19-5-7-25(38-2)32-26(19)22)14-21(18)30-11-17-12-34(28(37)40-17)16-4-6-23-20(10-16)31-24(35)15-41-23/h4-10,17-18,21,30H,3,11-15H2,1-2H3,(H,31,35)/t17?,18-,21-/m1/s1. The Balaban J connectivity index is 1.16. The maximum absolute atomic E-state index is 13.0. The van der Waals surface area contributed by atoms with Gasteiger partial charge in [-0.2, -0.15) is 0 Å². The van der Waals surface area contributed by atoms with Gasteiger partial charge in [-0.25, -0.2) is 9.78 Å². The molecule has 3 aliphatic rings. The van der Waals surface area contributed by atoms with Gasteiger partial charge in [0.2, 0.25) is 11.8 Å². The topological polar surface area (TPSA) is 135 Å². The maximum atomic E-state index is 13.0. The molecule has 0 aliphatic carbocycles. The molecule has 3 atom stereocenters. The number of carbonyl (C=O) groups excluding carboxylic acids is 3. The Morgan fingerprint density at radius 3 is 2.90 bits per heavy atom. The van der Waals surface area contributed by atoms with Crippen molar-refractivity contribution in [3.05, 3.63) is 42.6 Å². The summed E-state index contributed by atoms with van der Waals surface area (Å²) in [6, 6.07) is 10.8. The Hall–Kier alpha value is -4.10. The molecule has 0 radical (unpaired) electrons. The highest BCUT2D eigenvalue weighted by atomic mass is 32.2. The molecule has 12 nitrogen and oxygen atoms in total. The minimum atomic E-state index is -0.454. The molecule has 0 bridgehead atoms. The van der Waals surface area contributed by atoms with Crippen molar-refractivity contribution in [3.8, 4) is 5.88 Å². The third-order valence-corrected chi connectivity index (χ3v) is 8.46. The van der Waals surface area contributed by atoms with Gasteiger partial charge in [0.25, 0.3) is 0 Å². The zero-order valence-corrected chi connectivity index (χ0v) is 23.5. The zero-order chi connectivity index (χ0) is 28.5. The molecule has 0 spiro atoms. The Bertz CT molecular complexity index is 1500. The van der Waals surface area contributed by atoms with E-state index in [4.69, 9.17) is 14.2 Å². The Kier molecular flexibility index (Phi) is 7.54. The van der Waals surface area contributed by atoms with Gasteiger partial charge >= 0.3 is 12.1 Å². The van der Waals surface area contributed by atoms with Gasteiger partial charge in [0, 0.05) is 48.5 Å². The van der Waals surface area contributed by atoms with E-state index in [1.807, 2.05) is 24.3 Å². The molecule has 2 N–H and O–H groups in total. The highest BCUT2D eigenvalue weighted by Gasteiger charge is 2.41. The number of amides is 2. The summed E-state index contributed by atoms with van der Waals surface area (Å²) < 4.78 is 16.4. The number of fused-ring (bicyclic) bond motifs is 2. The molecule has 2 aromatic heterocycles. The predicted molar refractivity (Wildman–Crippen MR) is 154 cm³/mol. The number of thioether (sulfide) groups is 1. The summed E-state index contributed by atoms with van der Waals surface area (Å²) in [5.74, 6) is 0.0748. The second-order valence-electron chi connectivity index (χ2n) is 9.96. The number of carbonyl (C=O) groups is 3. The van der Waals surface area contributed by atoms with Crippen LogP contribution in [0.15, 0.2) is 47.5 Å². The molecule has 3 aromatic rings. The number of methoxy groups -OCH3 is 1. The number of rotatable bonds is 8. The summed E-state index contributed by atoms with van der Waals surface area (Å²) >= 11 is 1.47. The second-order valence-corrected chi connectivity index (χ2v) is 11.0. The van der Waals surface area contributed by atoms with Crippen LogP contribution in [0.25, 0.3) is 11.0 Å². The van der Waals surface area contributed by atoms with Crippen molar-refractivity contribution in [2.45, 2.75) is 24.0 Å². The lowest BCUT2D eigenvalue weighted by molar-refractivity contribution is -0.147. The molecular formula is C28H30N6O6S. The highest BCUT2D eigenvalue weighted by Crippen LogP contribution is 2.36. The highest BCUT2D eigenvalue weighted by molar-refractivity contribution is 8.00. The number of aromatic nitrogens is 2. The van der Waals surface area contributed by atoms with Crippen molar-refractivity contribution < 1.29 is 28.6 Å². The van der Waals surface area contributed by atoms with Gasteiger partial charge in [-0.05, 0) is 37.3 Å². The number of pyridine rings is 2. The molecule has 2 saturated heterocycles. The van der Waals surface area contributed by atoms with Crippen LogP contribution in [-0.4, -0.2) is 85.7 Å². The van der Waals surface area contributed by atoms with Crippen LogP contribution in [0.3, 0.4) is 0 Å². The Morgan fingerprint density at radius 2 is 2.07 bits per heavy atom. The normalized spacial score (nSPS) is 22.0. The molecule has 2 amide bonds. The first-order chi connectivity index (χ1) is 19.9. The third kappa shape index (κ3) is 5.46. The van der Waals surface area contributed by atoms with Gasteiger partial charge in [-0.3, -0.25) is 19.5 Å². The first-order valence-corrected chi connectivity index (χ1v) is 14.4. The van der Waals surface area contributed by atoms with E-state index in [2.05, 4.69) is 25.5 Å². The fourth-order valence-electron chi connectivity index (χ4n) is 5.42. The van der Waals surface area contributed by atoms with E-state index in [-0.39, 0.29) is 24.5 Å². The van der Waals surface area contributed by atoms with Crippen LogP contribution in [0.2, 0.25) is 0 Å². The van der Waals surface area contributed by atoms with Crippen LogP contribution >= 0.6 is 11.8 Å². The SMILES string of the molecule is CCOC(=O)[C@@H]1CN(c2ccnc3ccc(OC)nc23)C[C@H]1NCC1CN(c2ccc3c(c2)NC(=O)CS3)C(=O)O1. The summed E-state index contributed by atoms with van der Waals surface area (Å²) in [6.07, 6.45) is 0.848. The number of benzene rings is 1. The average molecular weight is 579 g/mol. The van der Waals surface area contributed by atoms with E-state index in [1.165, 1.54) is 11.8 Å². The fourth-order valence-corrected chi connectivity index (χ4v) is 6.21. The number of ether oxygens (including phenoxy) is 3. The van der Waals surface area contributed by atoms with Crippen LogP contribution in [0.4, 0.5) is 21.9 Å². The van der Waals surface area contributed by atoms with E-state index < -0.39 is 18.1 Å². The Labute approximate surface area is 240 Å². The van der Waals surface area contributed by atoms with Gasteiger partial charge < -0.3 is 29.7 Å². The second kappa shape index (κ2) is 11.4. The minimum Gasteiger partial charge on any atom is -0.481 e. The van der Waals surface area contributed by atoms with Gasteiger partial charge in [0.05, 0.1) is 48.8 Å². The molecule has 3 aliphatic heterocycles. The quantitative estimate of drug-likeness (QED) is 0.382. The maximum Gasteiger partial charge on any atom is 0.414 e. The molecule has 214 valence electrons. The lowest BCUT2D eigenvalue weighted by Gasteiger charge is -2.21. The molecular weight excluding hydrogens is 548 g/mol. The number of esters is 1. The van der Waals surface area contributed by atoms with Crippen molar-refractivity contribution in [1.29, 1.82) is 0 Å². The molecule has 1 aromatic carbocycles. The van der Waals surface area contributed by atoms with E-state index in [9.17, 15) is 14.4 Å². The van der Waals surface area contributed by atoms with E-state index in [0.717, 1.165) is 16.1 Å². The van der Waals surface area contributed by atoms with Crippen LogP contribution in [-0.2, 0) is 19.1 Å². The Morgan fingerprint density at radius 1 is 1.20 bits per heavy atom. The van der Waals surface area contributed by atoms with E-state index >= 15 is 0 Å². The first kappa shape index (κ1) is 27.1. The number of nitrogens with one attached hydrogen (secondary N) is 2. The number of nitrogens with zero attached hydrogens (tertiary/aromatic N) is 4. The molecule has 13 heteroatoms. The monoisotopic (exact) mass is 578 g/mol. The first-order valence-electron chi connectivity index (χ1n) is 13.4. The largest absolute Gasteiger partial charge is 0.481 e. The lowest BCUT2D eigenvalue weighted by atomic mass is 10.0. The average Bonchev–Trinajstić information content (AvgIpc) is 3.58. The van der Waals surface area contributed by atoms with Crippen molar-refractivity contribution in [3.63, 3.8) is 0 Å². The number of anilines is 3. The number of hydrogen-bond donors (Lipinski definition) is 2. The summed E-state index contributed by atoms with van der Waals surface area (Å²) in [4.78, 5) is 51.2. The van der Waals surface area contributed by atoms with Crippen LogP contribution in [0, 0.1) is 5.92 Å². The van der Waals surface area contributed by atoms with Crippen molar-refractivity contribution in [1.82, 2.24) is 15.3 Å². The fraction of sp³-hybridized carbons (Fsp3) is 0.393. The minimum absolute atomic E-state index is 0.0674. The van der Waals surface area contributed by atoms with E-state index in [0.29, 0.717) is 54.7 Å². The summed E-state index contributed by atoms with van der Waals surface area (Å²) in [6.45, 7) is 3.73. The predicted octanol–water partition coefficient (Wildman–Crippen LogP) is 2.67. The lowest BCUT2D eigenvalue weighted by Crippen LogP contribution is -2.44. The summed E-state index contributed by atoms with van der Waals surface area (Å²) in [7, 11) is 1.57. The third-order valence-electron chi connectivity index (χ3n) is 7.39. The van der Waals surface area contributed by atoms with Gasteiger partial charge in [-0.1, -0.05) is 0 Å². The molecule has 0 saturated carbocycles. The van der Waals surface area contributed by atoms with Crippen LogP contribution in [0.5, 0.6) is 5.88 Å². The zero-order valence-electron chi connectivity index (χ0n) is 22.7. The van der Waals surface area contributed by atoms with Gasteiger partial charge in [0.1, 0.15) is 11.6 Å². The molecule has 6 rings (SSSR count). The van der Waals surface area contributed by atoms with Crippen molar-refractivity contribution in [2.75, 3.05) is 60.8 Å². The van der Waals surface area contributed by atoms with E-state index in [1.54, 1.807) is 37.3 Å².